The van der Waals surface area contributed by atoms with E-state index in [-0.39, 0.29) is 18.1 Å². The van der Waals surface area contributed by atoms with Gasteiger partial charge in [0.2, 0.25) is 0 Å². The summed E-state index contributed by atoms with van der Waals surface area (Å²) < 4.78 is 2.36. The number of hydrogen-bond acceptors (Lipinski definition) is 4. The second kappa shape index (κ2) is 11.3. The van der Waals surface area contributed by atoms with E-state index in [2.05, 4.69) is 35.9 Å². The molecule has 0 aliphatic heterocycles. The van der Waals surface area contributed by atoms with E-state index in [4.69, 9.17) is 4.98 Å². The van der Waals surface area contributed by atoms with Gasteiger partial charge < -0.3 is 9.67 Å². The molecule has 0 spiro atoms. The van der Waals surface area contributed by atoms with E-state index in [0.29, 0.717) is 23.9 Å². The van der Waals surface area contributed by atoms with Gasteiger partial charge in [-0.2, -0.15) is 0 Å². The third-order valence-electron chi connectivity index (χ3n) is 7.38. The Morgan fingerprint density at radius 2 is 1.91 bits per heavy atom. The van der Waals surface area contributed by atoms with Crippen molar-refractivity contribution in [3.63, 3.8) is 0 Å². The van der Waals surface area contributed by atoms with Crippen molar-refractivity contribution in [2.24, 2.45) is 11.8 Å². The molecular formula is C28H36N2O3S. The number of nitrogens with zero attached hydrogens (tertiary/aromatic N) is 2. The molecule has 1 atom stereocenters. The van der Waals surface area contributed by atoms with E-state index in [1.165, 1.54) is 17.7 Å². The number of carbonyl (C=O) groups is 2. The topological polar surface area (TPSA) is 72.2 Å². The summed E-state index contributed by atoms with van der Waals surface area (Å²) in [4.78, 5) is 30.9. The standard InChI is InChI=1S/C28H36N2O3S/c1-3-22(4-2)30-25-12-11-21(17-24(25)29-27(30)18-23-10-7-13-34-23)26(31)15-20(16-28(32)33)14-19-8-5-6-9-19/h7,10-13,17,19-20,22H,3-6,8-9,14-16,18H2,1-2H3,(H,32,33)/t20-/m1/s1. The zero-order valence-corrected chi connectivity index (χ0v) is 21.2. The molecule has 3 aromatic rings. The van der Waals surface area contributed by atoms with Crippen molar-refractivity contribution in [1.29, 1.82) is 0 Å². The first kappa shape index (κ1) is 24.6. The number of carboxylic acids is 1. The van der Waals surface area contributed by atoms with Crippen molar-refractivity contribution in [3.8, 4) is 0 Å². The number of aliphatic carboxylic acids is 1. The number of thiophene rings is 1. The summed E-state index contributed by atoms with van der Waals surface area (Å²) in [5, 5.41) is 11.5. The van der Waals surface area contributed by atoms with Crippen LogP contribution in [-0.4, -0.2) is 26.4 Å². The van der Waals surface area contributed by atoms with Gasteiger partial charge >= 0.3 is 5.97 Å². The van der Waals surface area contributed by atoms with Gasteiger partial charge in [-0.05, 0) is 60.7 Å². The highest BCUT2D eigenvalue weighted by Gasteiger charge is 2.25. The molecule has 0 radical (unpaired) electrons. The minimum Gasteiger partial charge on any atom is -0.481 e. The van der Waals surface area contributed by atoms with E-state index in [1.807, 2.05) is 18.2 Å². The zero-order chi connectivity index (χ0) is 24.1. The number of imidazole rings is 1. The van der Waals surface area contributed by atoms with Crippen LogP contribution in [0.25, 0.3) is 11.0 Å². The summed E-state index contributed by atoms with van der Waals surface area (Å²) in [5.74, 6) is 0.729. The van der Waals surface area contributed by atoms with Gasteiger partial charge in [-0.15, -0.1) is 11.3 Å². The zero-order valence-electron chi connectivity index (χ0n) is 20.3. The molecule has 1 fully saturated rings. The summed E-state index contributed by atoms with van der Waals surface area (Å²) in [6, 6.07) is 10.4. The molecule has 182 valence electrons. The van der Waals surface area contributed by atoms with Crippen LogP contribution in [0.2, 0.25) is 0 Å². The smallest absolute Gasteiger partial charge is 0.303 e. The summed E-state index contributed by atoms with van der Waals surface area (Å²) in [5.41, 5.74) is 2.57. The Bertz CT molecular complexity index is 1110. The fourth-order valence-electron chi connectivity index (χ4n) is 5.66. The average molecular weight is 481 g/mol. The number of Topliss-reactive ketones (excluding diaryl/α,β-unsaturated/α-hetero) is 1. The lowest BCUT2D eigenvalue weighted by atomic mass is 9.86. The lowest BCUT2D eigenvalue weighted by Gasteiger charge is -2.19. The van der Waals surface area contributed by atoms with Gasteiger partial charge in [0.15, 0.2) is 5.78 Å². The lowest BCUT2D eigenvalue weighted by Crippen LogP contribution is -2.16. The summed E-state index contributed by atoms with van der Waals surface area (Å²) in [7, 11) is 0. The van der Waals surface area contributed by atoms with Crippen LogP contribution in [0.4, 0.5) is 0 Å². The quantitative estimate of drug-likeness (QED) is 0.276. The fourth-order valence-corrected chi connectivity index (χ4v) is 6.36. The Kier molecular flexibility index (Phi) is 8.19. The average Bonchev–Trinajstić information content (AvgIpc) is 3.56. The van der Waals surface area contributed by atoms with Crippen molar-refractivity contribution in [2.75, 3.05) is 0 Å². The van der Waals surface area contributed by atoms with Gasteiger partial charge in [0.1, 0.15) is 5.82 Å². The van der Waals surface area contributed by atoms with Crippen LogP contribution in [0.1, 0.15) is 98.7 Å². The predicted octanol–water partition coefficient (Wildman–Crippen LogP) is 7.29. The van der Waals surface area contributed by atoms with E-state index in [9.17, 15) is 14.7 Å². The number of aromatic nitrogens is 2. The molecule has 4 rings (SSSR count). The minimum absolute atomic E-state index is 0.0306. The highest BCUT2D eigenvalue weighted by molar-refractivity contribution is 7.09. The van der Waals surface area contributed by atoms with Crippen molar-refractivity contribution < 1.29 is 14.7 Å². The third-order valence-corrected chi connectivity index (χ3v) is 8.26. The molecule has 0 unspecified atom stereocenters. The highest BCUT2D eigenvalue weighted by Crippen LogP contribution is 2.34. The van der Waals surface area contributed by atoms with Crippen LogP contribution in [-0.2, 0) is 11.2 Å². The second-order valence-electron chi connectivity index (χ2n) is 9.81. The molecule has 0 amide bonds. The number of carboxylic acid groups (broad SMARTS) is 1. The van der Waals surface area contributed by atoms with E-state index < -0.39 is 5.97 Å². The molecule has 1 aromatic carbocycles. The van der Waals surface area contributed by atoms with Crippen molar-refractivity contribution >= 4 is 34.1 Å². The fraction of sp³-hybridized carbons (Fsp3) is 0.536. The molecule has 34 heavy (non-hydrogen) atoms. The Morgan fingerprint density at radius 1 is 1.15 bits per heavy atom. The third kappa shape index (κ3) is 5.77. The maximum absolute atomic E-state index is 13.2. The molecule has 1 N–H and O–H groups in total. The number of fused-ring (bicyclic) bond motifs is 1. The second-order valence-corrected chi connectivity index (χ2v) is 10.8. The largest absolute Gasteiger partial charge is 0.481 e. The minimum atomic E-state index is -0.812. The normalized spacial score (nSPS) is 15.4. The van der Waals surface area contributed by atoms with Gasteiger partial charge in [-0.3, -0.25) is 9.59 Å². The van der Waals surface area contributed by atoms with Crippen molar-refractivity contribution in [3.05, 3.63) is 52.0 Å². The number of hydrogen-bond donors (Lipinski definition) is 1. The van der Waals surface area contributed by atoms with E-state index in [1.54, 1.807) is 11.3 Å². The number of ketones is 1. The van der Waals surface area contributed by atoms with Crippen molar-refractivity contribution in [1.82, 2.24) is 9.55 Å². The SMILES string of the molecule is CCC(CC)n1c(Cc2cccs2)nc2cc(C(=O)C[C@H](CC(=O)O)CC3CCCC3)ccc21. The first-order valence-corrected chi connectivity index (χ1v) is 13.6. The van der Waals surface area contributed by atoms with Crippen LogP contribution >= 0.6 is 11.3 Å². The lowest BCUT2D eigenvalue weighted by molar-refractivity contribution is -0.138. The first-order chi connectivity index (χ1) is 16.5. The molecule has 5 nitrogen and oxygen atoms in total. The first-order valence-electron chi connectivity index (χ1n) is 12.8. The number of benzene rings is 1. The Hall–Kier alpha value is -2.47. The Labute approximate surface area is 206 Å². The summed E-state index contributed by atoms with van der Waals surface area (Å²) >= 11 is 1.74. The molecule has 1 aliphatic carbocycles. The molecule has 0 bridgehead atoms. The maximum Gasteiger partial charge on any atom is 0.303 e. The molecular weight excluding hydrogens is 444 g/mol. The van der Waals surface area contributed by atoms with Crippen LogP contribution in [0, 0.1) is 11.8 Å². The molecule has 2 heterocycles. The van der Waals surface area contributed by atoms with Gasteiger partial charge in [-0.1, -0.05) is 45.6 Å². The Balaban J connectivity index is 1.59. The molecule has 6 heteroatoms. The van der Waals surface area contributed by atoms with Crippen LogP contribution in [0.5, 0.6) is 0 Å². The van der Waals surface area contributed by atoms with Gasteiger partial charge in [-0.25, -0.2) is 4.98 Å². The van der Waals surface area contributed by atoms with Crippen LogP contribution < -0.4 is 0 Å². The summed E-state index contributed by atoms with van der Waals surface area (Å²) in [6.07, 6.45) is 8.82. The van der Waals surface area contributed by atoms with Gasteiger partial charge in [0, 0.05) is 35.7 Å². The Morgan fingerprint density at radius 3 is 2.56 bits per heavy atom. The van der Waals surface area contributed by atoms with E-state index >= 15 is 0 Å². The van der Waals surface area contributed by atoms with E-state index in [0.717, 1.165) is 55.4 Å². The monoisotopic (exact) mass is 480 g/mol. The molecule has 1 aliphatic rings. The highest BCUT2D eigenvalue weighted by atomic mass is 32.1. The number of rotatable bonds is 12. The van der Waals surface area contributed by atoms with Crippen LogP contribution in [0.15, 0.2) is 35.7 Å². The molecule has 0 saturated heterocycles. The van der Waals surface area contributed by atoms with Crippen LogP contribution in [0.3, 0.4) is 0 Å². The van der Waals surface area contributed by atoms with Crippen molar-refractivity contribution in [2.45, 2.75) is 84.1 Å². The molecule has 2 aromatic heterocycles. The molecule has 1 saturated carbocycles. The predicted molar refractivity (Wildman–Crippen MR) is 138 cm³/mol. The van der Waals surface area contributed by atoms with Gasteiger partial charge in [0.25, 0.3) is 0 Å². The summed E-state index contributed by atoms with van der Waals surface area (Å²) in [6.45, 7) is 4.42. The maximum atomic E-state index is 13.2. The number of carbonyl (C=O) groups excluding carboxylic acids is 1. The van der Waals surface area contributed by atoms with Gasteiger partial charge in [0.05, 0.1) is 11.0 Å².